The van der Waals surface area contributed by atoms with Crippen LogP contribution in [0.15, 0.2) is 72.9 Å². The van der Waals surface area contributed by atoms with E-state index in [1.807, 2.05) is 27.2 Å². The normalized spacial score (nSPS) is 14.2. The van der Waals surface area contributed by atoms with Crippen LogP contribution >= 0.6 is 7.82 Å². The third kappa shape index (κ3) is 63.4. The number of carbonyl (C=O) groups is 1. The molecule has 462 valence electrons. The van der Waals surface area contributed by atoms with Gasteiger partial charge in [-0.05, 0) is 83.5 Å². The molecule has 0 aliphatic carbocycles. The molecule has 0 radical (unpaired) electrons. The largest absolute Gasteiger partial charge is 0.472 e. The molecular formula is C70H132N2O6P+. The Balaban J connectivity index is 3.92. The second-order valence-corrected chi connectivity index (χ2v) is 25.6. The van der Waals surface area contributed by atoms with Gasteiger partial charge in [-0.15, -0.1) is 0 Å². The molecule has 0 aromatic heterocycles. The number of hydrogen-bond acceptors (Lipinski definition) is 5. The predicted octanol–water partition coefficient (Wildman–Crippen LogP) is 21.4. The van der Waals surface area contributed by atoms with Gasteiger partial charge in [0.2, 0.25) is 5.91 Å². The number of carbonyl (C=O) groups excluding carboxylic acids is 1. The first-order chi connectivity index (χ1) is 38.5. The Labute approximate surface area is 491 Å². The van der Waals surface area contributed by atoms with E-state index in [0.717, 1.165) is 57.8 Å². The number of phosphoric acid groups is 1. The van der Waals surface area contributed by atoms with Gasteiger partial charge in [0.15, 0.2) is 0 Å². The zero-order valence-corrected chi connectivity index (χ0v) is 53.8. The number of hydrogen-bond donors (Lipinski definition) is 3. The Morgan fingerprint density at radius 3 is 1.10 bits per heavy atom. The van der Waals surface area contributed by atoms with Gasteiger partial charge in [-0.25, -0.2) is 4.57 Å². The van der Waals surface area contributed by atoms with E-state index in [2.05, 4.69) is 79.9 Å². The number of likely N-dealkylation sites (N-methyl/N-ethyl adjacent to an activating group) is 1. The van der Waals surface area contributed by atoms with Crippen LogP contribution in [0.4, 0.5) is 0 Å². The van der Waals surface area contributed by atoms with Gasteiger partial charge in [0.1, 0.15) is 13.2 Å². The smallest absolute Gasteiger partial charge is 0.387 e. The quantitative estimate of drug-likeness (QED) is 0.0243. The van der Waals surface area contributed by atoms with Gasteiger partial charge >= 0.3 is 7.82 Å². The SMILES string of the molecule is CCCCCCC/C=C\C/C=C\C/C=C\CCCCCCCCCCCCCCCCCCCCCCCCCCCCC(=O)NC(COP(=O)(O)OCC[N+](C)(C)C)C(O)/C=C/CC/C=C/CC/C=C/CCCCCCCC. The lowest BCUT2D eigenvalue weighted by atomic mass is 10.0. The van der Waals surface area contributed by atoms with Crippen LogP contribution in [0.5, 0.6) is 0 Å². The Bertz CT molecular complexity index is 1520. The molecule has 0 fully saturated rings. The maximum absolute atomic E-state index is 13.0. The molecule has 9 heteroatoms. The summed E-state index contributed by atoms with van der Waals surface area (Å²) in [5.74, 6) is -0.187. The molecule has 3 N–H and O–H groups in total. The van der Waals surface area contributed by atoms with E-state index < -0.39 is 20.0 Å². The molecule has 79 heavy (non-hydrogen) atoms. The Morgan fingerprint density at radius 2 is 0.734 bits per heavy atom. The van der Waals surface area contributed by atoms with Crippen LogP contribution in [0.2, 0.25) is 0 Å². The third-order valence-electron chi connectivity index (χ3n) is 15.1. The highest BCUT2D eigenvalue weighted by molar-refractivity contribution is 7.47. The average Bonchev–Trinajstić information content (AvgIpc) is 3.42. The number of aliphatic hydroxyl groups excluding tert-OH is 1. The van der Waals surface area contributed by atoms with Gasteiger partial charge < -0.3 is 19.8 Å². The molecule has 0 heterocycles. The minimum absolute atomic E-state index is 0.0533. The van der Waals surface area contributed by atoms with E-state index >= 15 is 0 Å². The van der Waals surface area contributed by atoms with Crippen molar-refractivity contribution in [3.63, 3.8) is 0 Å². The van der Waals surface area contributed by atoms with Gasteiger partial charge in [0, 0.05) is 6.42 Å². The molecule has 0 aromatic rings. The van der Waals surface area contributed by atoms with E-state index in [4.69, 9.17) is 9.05 Å². The minimum atomic E-state index is -4.36. The lowest BCUT2D eigenvalue weighted by molar-refractivity contribution is -0.870. The number of quaternary nitrogens is 1. The molecule has 0 bridgehead atoms. The summed E-state index contributed by atoms with van der Waals surface area (Å²) in [5, 5.41) is 13.9. The van der Waals surface area contributed by atoms with Crippen LogP contribution in [0.1, 0.15) is 316 Å². The summed E-state index contributed by atoms with van der Waals surface area (Å²) in [6.45, 7) is 4.78. The van der Waals surface area contributed by atoms with E-state index in [1.54, 1.807) is 6.08 Å². The van der Waals surface area contributed by atoms with Gasteiger partial charge in [0.25, 0.3) is 0 Å². The lowest BCUT2D eigenvalue weighted by Gasteiger charge is -2.25. The molecule has 0 aromatic carbocycles. The molecule has 0 aliphatic rings. The van der Waals surface area contributed by atoms with Crippen LogP contribution < -0.4 is 5.32 Å². The molecule has 3 atom stereocenters. The van der Waals surface area contributed by atoms with Crippen molar-refractivity contribution >= 4 is 13.7 Å². The number of unbranched alkanes of at least 4 members (excludes halogenated alkanes) is 39. The molecule has 0 spiro atoms. The topological polar surface area (TPSA) is 105 Å². The lowest BCUT2D eigenvalue weighted by Crippen LogP contribution is -2.45. The summed E-state index contributed by atoms with van der Waals surface area (Å²) >= 11 is 0. The van der Waals surface area contributed by atoms with Crippen molar-refractivity contribution in [1.29, 1.82) is 0 Å². The summed E-state index contributed by atoms with van der Waals surface area (Å²) in [6.07, 6.45) is 84.9. The predicted molar refractivity (Wildman–Crippen MR) is 346 cm³/mol. The fourth-order valence-electron chi connectivity index (χ4n) is 9.85. The molecule has 0 saturated heterocycles. The third-order valence-corrected chi connectivity index (χ3v) is 16.1. The van der Waals surface area contributed by atoms with Crippen molar-refractivity contribution in [2.45, 2.75) is 328 Å². The maximum atomic E-state index is 13.0. The van der Waals surface area contributed by atoms with Crippen molar-refractivity contribution in [2.75, 3.05) is 40.9 Å². The van der Waals surface area contributed by atoms with Crippen molar-refractivity contribution in [3.8, 4) is 0 Å². The highest BCUT2D eigenvalue weighted by Gasteiger charge is 2.28. The second kappa shape index (κ2) is 60.5. The highest BCUT2D eigenvalue weighted by atomic mass is 31.2. The summed E-state index contributed by atoms with van der Waals surface area (Å²) < 4.78 is 23.7. The van der Waals surface area contributed by atoms with Crippen LogP contribution in [-0.2, 0) is 18.4 Å². The average molecular weight is 1130 g/mol. The Morgan fingerprint density at radius 1 is 0.430 bits per heavy atom. The number of nitrogens with zero attached hydrogens (tertiary/aromatic N) is 1. The summed E-state index contributed by atoms with van der Waals surface area (Å²) in [7, 11) is 1.55. The number of rotatable bonds is 62. The first-order valence-electron chi connectivity index (χ1n) is 33.8. The fourth-order valence-corrected chi connectivity index (χ4v) is 10.6. The summed E-state index contributed by atoms with van der Waals surface area (Å²) in [6, 6.07) is -0.871. The fraction of sp³-hybridized carbons (Fsp3) is 0.814. The maximum Gasteiger partial charge on any atom is 0.472 e. The molecule has 0 rings (SSSR count). The van der Waals surface area contributed by atoms with Crippen molar-refractivity contribution in [1.82, 2.24) is 5.32 Å². The highest BCUT2D eigenvalue weighted by Crippen LogP contribution is 2.43. The summed E-state index contributed by atoms with van der Waals surface area (Å²) in [4.78, 5) is 23.3. The van der Waals surface area contributed by atoms with Crippen LogP contribution in [0.25, 0.3) is 0 Å². The zero-order valence-electron chi connectivity index (χ0n) is 52.9. The molecule has 0 saturated carbocycles. The Hall–Kier alpha value is -2.06. The van der Waals surface area contributed by atoms with Gasteiger partial charge in [0.05, 0.1) is 39.9 Å². The van der Waals surface area contributed by atoms with Gasteiger partial charge in [-0.3, -0.25) is 13.8 Å². The monoisotopic (exact) mass is 1130 g/mol. The number of allylic oxidation sites excluding steroid dienone is 11. The standard InChI is InChI=1S/C70H131N2O6P/c1-6-8-10-12-14-16-18-20-22-24-25-26-27-28-29-30-31-32-33-34-35-36-37-38-39-40-41-42-43-44-45-46-47-48-50-52-54-56-58-60-62-64-70(74)71-68(67-78-79(75,76)77-66-65-72(3,4)5)69(73)63-61-59-57-55-53-51-49-23-21-19-17-15-13-11-9-7-2/h18,20-21,23-25,27-28,53,55,61,63,68-69,73H,6-17,19,22,26,29-52,54,56-60,62,64-67H2,1-5H3,(H-,71,74,75,76)/p+1/b20-18-,23-21+,25-24-,28-27-,55-53+,63-61+. The number of phosphoric ester groups is 1. The zero-order chi connectivity index (χ0) is 57.7. The second-order valence-electron chi connectivity index (χ2n) is 24.2. The minimum Gasteiger partial charge on any atom is -0.387 e. The first-order valence-corrected chi connectivity index (χ1v) is 35.3. The van der Waals surface area contributed by atoms with Crippen LogP contribution in [0.3, 0.4) is 0 Å². The number of nitrogens with one attached hydrogen (secondary N) is 1. The Kier molecular flexibility index (Phi) is 59.0. The van der Waals surface area contributed by atoms with Crippen molar-refractivity contribution < 1.29 is 32.9 Å². The molecule has 8 nitrogen and oxygen atoms in total. The van der Waals surface area contributed by atoms with Crippen LogP contribution in [0, 0.1) is 0 Å². The van der Waals surface area contributed by atoms with E-state index in [9.17, 15) is 19.4 Å². The van der Waals surface area contributed by atoms with Crippen molar-refractivity contribution in [3.05, 3.63) is 72.9 Å². The number of amides is 1. The van der Waals surface area contributed by atoms with Gasteiger partial charge in [-0.1, -0.05) is 299 Å². The molecule has 3 unspecified atom stereocenters. The molecule has 1 amide bonds. The van der Waals surface area contributed by atoms with E-state index in [1.165, 1.54) is 238 Å². The first kappa shape index (κ1) is 76.9. The summed E-state index contributed by atoms with van der Waals surface area (Å²) in [5.41, 5.74) is 0. The van der Waals surface area contributed by atoms with Crippen molar-refractivity contribution in [2.24, 2.45) is 0 Å². The van der Waals surface area contributed by atoms with E-state index in [0.29, 0.717) is 17.4 Å². The van der Waals surface area contributed by atoms with E-state index in [-0.39, 0.29) is 19.1 Å². The van der Waals surface area contributed by atoms with Gasteiger partial charge in [-0.2, -0.15) is 0 Å². The molecular weight excluding hydrogens is 996 g/mol. The molecule has 0 aliphatic heterocycles. The number of aliphatic hydroxyl groups is 1. The van der Waals surface area contributed by atoms with Crippen LogP contribution in [-0.4, -0.2) is 73.4 Å².